The molecule has 5 nitrogen and oxygen atoms in total. The first-order chi connectivity index (χ1) is 8.57. The summed E-state index contributed by atoms with van der Waals surface area (Å²) in [5, 5.41) is 3.28. The molecule has 0 aromatic rings. The maximum absolute atomic E-state index is 12.0. The van der Waals surface area contributed by atoms with E-state index in [4.69, 9.17) is 0 Å². The van der Waals surface area contributed by atoms with Gasteiger partial charge in [0.05, 0.1) is 5.75 Å². The first kappa shape index (κ1) is 14.2. The largest absolute Gasteiger partial charge is 0.313 e. The molecule has 6 heteroatoms. The van der Waals surface area contributed by atoms with Crippen molar-refractivity contribution in [2.24, 2.45) is 0 Å². The van der Waals surface area contributed by atoms with Gasteiger partial charge in [0.15, 0.2) is 0 Å². The molecule has 2 unspecified atom stereocenters. The number of rotatable bonds is 5. The van der Waals surface area contributed by atoms with Crippen LogP contribution in [0.25, 0.3) is 0 Å². The van der Waals surface area contributed by atoms with Crippen molar-refractivity contribution in [1.29, 1.82) is 0 Å². The zero-order valence-corrected chi connectivity index (χ0v) is 12.0. The third kappa shape index (κ3) is 4.19. The van der Waals surface area contributed by atoms with Crippen molar-refractivity contribution in [3.63, 3.8) is 0 Å². The summed E-state index contributed by atoms with van der Waals surface area (Å²) in [6.45, 7) is 2.59. The predicted molar refractivity (Wildman–Crippen MR) is 73.1 cm³/mol. The molecule has 0 bridgehead atoms. The molecule has 0 amide bonds. The van der Waals surface area contributed by atoms with Crippen molar-refractivity contribution in [3.05, 3.63) is 0 Å². The van der Waals surface area contributed by atoms with E-state index in [1.54, 1.807) is 0 Å². The zero-order chi connectivity index (χ0) is 13.0. The smallest absolute Gasteiger partial charge is 0.213 e. The van der Waals surface area contributed by atoms with Gasteiger partial charge >= 0.3 is 0 Å². The Hall–Kier alpha value is -0.170. The van der Waals surface area contributed by atoms with Crippen LogP contribution >= 0.6 is 0 Å². The highest BCUT2D eigenvalue weighted by atomic mass is 32.2. The molecule has 2 rings (SSSR count). The second-order valence-electron chi connectivity index (χ2n) is 5.55. The lowest BCUT2D eigenvalue weighted by atomic mass is 10.1. The molecular formula is C12H25N3O2S. The van der Waals surface area contributed by atoms with Gasteiger partial charge < -0.3 is 10.2 Å². The van der Waals surface area contributed by atoms with E-state index in [0.29, 0.717) is 12.6 Å². The van der Waals surface area contributed by atoms with Crippen LogP contribution in [-0.4, -0.2) is 57.8 Å². The maximum atomic E-state index is 12.0. The molecule has 2 atom stereocenters. The minimum atomic E-state index is -3.13. The number of piperidine rings is 1. The van der Waals surface area contributed by atoms with Crippen LogP contribution in [0.15, 0.2) is 0 Å². The van der Waals surface area contributed by atoms with Gasteiger partial charge in [0, 0.05) is 18.6 Å². The second-order valence-corrected chi connectivity index (χ2v) is 7.40. The van der Waals surface area contributed by atoms with Crippen molar-refractivity contribution in [2.75, 3.05) is 32.4 Å². The van der Waals surface area contributed by atoms with Crippen LogP contribution in [-0.2, 0) is 10.0 Å². The first-order valence-electron chi connectivity index (χ1n) is 6.98. The van der Waals surface area contributed by atoms with E-state index >= 15 is 0 Å². The number of sulfonamides is 1. The normalized spacial score (nSPS) is 30.7. The minimum Gasteiger partial charge on any atom is -0.313 e. The van der Waals surface area contributed by atoms with Crippen molar-refractivity contribution in [3.8, 4) is 0 Å². The summed E-state index contributed by atoms with van der Waals surface area (Å²) >= 11 is 0. The van der Waals surface area contributed by atoms with E-state index in [0.717, 1.165) is 38.8 Å². The lowest BCUT2D eigenvalue weighted by Gasteiger charge is -2.24. The standard InChI is InChI=1S/C12H25N3O2S/c1-15-8-4-6-12(15)9-14-18(16,17)10-11-5-2-3-7-13-11/h11-14H,2-10H2,1H3. The molecule has 18 heavy (non-hydrogen) atoms. The highest BCUT2D eigenvalue weighted by Crippen LogP contribution is 2.14. The van der Waals surface area contributed by atoms with E-state index in [1.807, 2.05) is 0 Å². The van der Waals surface area contributed by atoms with Gasteiger partial charge in [-0.25, -0.2) is 13.1 Å². The maximum Gasteiger partial charge on any atom is 0.213 e. The van der Waals surface area contributed by atoms with Crippen molar-refractivity contribution in [2.45, 2.75) is 44.2 Å². The van der Waals surface area contributed by atoms with Crippen LogP contribution in [0.3, 0.4) is 0 Å². The Morgan fingerprint density at radius 3 is 2.72 bits per heavy atom. The first-order valence-corrected chi connectivity index (χ1v) is 8.63. The number of likely N-dealkylation sites (tertiary alicyclic amines) is 1. The predicted octanol–water partition coefficient (Wildman–Crippen LogP) is 0.142. The summed E-state index contributed by atoms with van der Waals surface area (Å²) in [5.41, 5.74) is 0. The van der Waals surface area contributed by atoms with Crippen LogP contribution < -0.4 is 10.0 Å². The molecule has 0 spiro atoms. The average Bonchev–Trinajstić information content (AvgIpc) is 2.73. The number of likely N-dealkylation sites (N-methyl/N-ethyl adjacent to an activating group) is 1. The molecule has 0 radical (unpaired) electrons. The highest BCUT2D eigenvalue weighted by molar-refractivity contribution is 7.89. The number of hydrogen-bond donors (Lipinski definition) is 2. The van der Waals surface area contributed by atoms with Gasteiger partial charge in [-0.2, -0.15) is 0 Å². The third-order valence-corrected chi connectivity index (χ3v) is 5.49. The molecule has 106 valence electrons. The van der Waals surface area contributed by atoms with Gasteiger partial charge in [-0.1, -0.05) is 6.42 Å². The monoisotopic (exact) mass is 275 g/mol. The van der Waals surface area contributed by atoms with Gasteiger partial charge in [0.25, 0.3) is 0 Å². The molecule has 2 saturated heterocycles. The number of nitrogens with zero attached hydrogens (tertiary/aromatic N) is 1. The summed E-state index contributed by atoms with van der Waals surface area (Å²) in [6, 6.07) is 0.511. The van der Waals surface area contributed by atoms with E-state index in [2.05, 4.69) is 22.0 Å². The number of nitrogens with one attached hydrogen (secondary N) is 2. The zero-order valence-electron chi connectivity index (χ0n) is 11.2. The van der Waals surface area contributed by atoms with E-state index in [1.165, 1.54) is 6.42 Å². The fraction of sp³-hybridized carbons (Fsp3) is 1.00. The van der Waals surface area contributed by atoms with Crippen molar-refractivity contribution >= 4 is 10.0 Å². The molecule has 2 aliphatic rings. The Bertz CT molecular complexity index is 352. The number of hydrogen-bond acceptors (Lipinski definition) is 4. The van der Waals surface area contributed by atoms with Gasteiger partial charge in [-0.05, 0) is 45.8 Å². The lowest BCUT2D eigenvalue weighted by Crippen LogP contribution is -2.45. The third-order valence-electron chi connectivity index (χ3n) is 4.04. The fourth-order valence-electron chi connectivity index (χ4n) is 2.85. The molecular weight excluding hydrogens is 250 g/mol. The van der Waals surface area contributed by atoms with Crippen molar-refractivity contribution in [1.82, 2.24) is 14.9 Å². The molecule has 2 aliphatic heterocycles. The summed E-state index contributed by atoms with van der Waals surface area (Å²) in [4.78, 5) is 2.24. The molecule has 0 aromatic carbocycles. The Kier molecular flexibility index (Phi) is 5.00. The van der Waals surface area contributed by atoms with Crippen LogP contribution in [0, 0.1) is 0 Å². The SMILES string of the molecule is CN1CCCC1CNS(=O)(=O)CC1CCCCN1. The van der Waals surface area contributed by atoms with E-state index < -0.39 is 10.0 Å². The highest BCUT2D eigenvalue weighted by Gasteiger charge is 2.25. The molecule has 2 N–H and O–H groups in total. The summed E-state index contributed by atoms with van der Waals surface area (Å²) < 4.78 is 26.8. The lowest BCUT2D eigenvalue weighted by molar-refractivity contribution is 0.310. The minimum absolute atomic E-state index is 0.137. The van der Waals surface area contributed by atoms with Gasteiger partial charge in [0.2, 0.25) is 10.0 Å². The Labute approximate surface area is 110 Å². The average molecular weight is 275 g/mol. The van der Waals surface area contributed by atoms with Gasteiger partial charge in [0.1, 0.15) is 0 Å². The van der Waals surface area contributed by atoms with Crippen molar-refractivity contribution < 1.29 is 8.42 Å². The fourth-order valence-corrected chi connectivity index (χ4v) is 4.23. The van der Waals surface area contributed by atoms with Crippen LogP contribution in [0.1, 0.15) is 32.1 Å². The molecule has 2 fully saturated rings. The molecule has 0 aliphatic carbocycles. The van der Waals surface area contributed by atoms with Crippen LogP contribution in [0.5, 0.6) is 0 Å². The Morgan fingerprint density at radius 1 is 1.28 bits per heavy atom. The van der Waals surface area contributed by atoms with Crippen LogP contribution in [0.4, 0.5) is 0 Å². The van der Waals surface area contributed by atoms with E-state index in [-0.39, 0.29) is 11.8 Å². The summed E-state index contributed by atoms with van der Waals surface area (Å²) in [6.07, 6.45) is 5.55. The van der Waals surface area contributed by atoms with Gasteiger partial charge in [-0.15, -0.1) is 0 Å². The molecule has 0 saturated carbocycles. The molecule has 2 heterocycles. The van der Waals surface area contributed by atoms with E-state index in [9.17, 15) is 8.42 Å². The molecule has 0 aromatic heterocycles. The Morgan fingerprint density at radius 2 is 2.11 bits per heavy atom. The summed E-state index contributed by atoms with van der Waals surface area (Å²) in [7, 11) is -1.07. The van der Waals surface area contributed by atoms with Gasteiger partial charge in [-0.3, -0.25) is 0 Å². The second kappa shape index (κ2) is 6.32. The Balaban J connectivity index is 1.76. The topological polar surface area (TPSA) is 61.4 Å². The quantitative estimate of drug-likeness (QED) is 0.749. The van der Waals surface area contributed by atoms with Crippen LogP contribution in [0.2, 0.25) is 0 Å². The summed E-state index contributed by atoms with van der Waals surface area (Å²) in [5.74, 6) is 0.226.